The SMILES string of the molecule is O=c1c(O)cc2ccc3oc4ccccc4c4ccc1c2c34. The molecule has 0 saturated carbocycles. The van der Waals surface area contributed by atoms with Gasteiger partial charge in [-0.2, -0.15) is 0 Å². The fraction of sp³-hybridized carbons (Fsp3) is 0. The Kier molecular flexibility index (Phi) is 1.98. The number of para-hydroxylation sites is 1. The zero-order valence-corrected chi connectivity index (χ0v) is 11.5. The van der Waals surface area contributed by atoms with E-state index in [9.17, 15) is 9.90 Å². The summed E-state index contributed by atoms with van der Waals surface area (Å²) < 4.78 is 6.00. The molecule has 0 radical (unpaired) electrons. The summed E-state index contributed by atoms with van der Waals surface area (Å²) in [6.07, 6.45) is 0. The molecule has 1 aromatic heterocycles. The van der Waals surface area contributed by atoms with Crippen LogP contribution >= 0.6 is 0 Å². The number of fused-ring (bicyclic) bond motifs is 2. The molecule has 0 aliphatic heterocycles. The minimum atomic E-state index is -0.338. The van der Waals surface area contributed by atoms with E-state index in [-0.39, 0.29) is 11.2 Å². The fourth-order valence-corrected chi connectivity index (χ4v) is 3.36. The van der Waals surface area contributed by atoms with Crippen molar-refractivity contribution in [2.24, 2.45) is 0 Å². The number of benzene rings is 4. The lowest BCUT2D eigenvalue weighted by atomic mass is 9.95. The van der Waals surface area contributed by atoms with Gasteiger partial charge in [-0.05, 0) is 35.0 Å². The van der Waals surface area contributed by atoms with Crippen LogP contribution in [0.5, 0.6) is 5.75 Å². The molecule has 0 bridgehead atoms. The molecule has 5 aromatic rings. The Bertz CT molecular complexity index is 1250. The Morgan fingerprint density at radius 1 is 0.773 bits per heavy atom. The zero-order chi connectivity index (χ0) is 14.8. The number of hydrogen-bond donors (Lipinski definition) is 1. The summed E-state index contributed by atoms with van der Waals surface area (Å²) in [4.78, 5) is 12.2. The summed E-state index contributed by atoms with van der Waals surface area (Å²) in [5, 5.41) is 15.1. The van der Waals surface area contributed by atoms with Crippen molar-refractivity contribution in [1.29, 1.82) is 0 Å². The van der Waals surface area contributed by atoms with Crippen LogP contribution in [-0.4, -0.2) is 5.11 Å². The van der Waals surface area contributed by atoms with Crippen LogP contribution in [0.3, 0.4) is 0 Å². The van der Waals surface area contributed by atoms with Crippen LogP contribution < -0.4 is 5.43 Å². The molecule has 22 heavy (non-hydrogen) atoms. The Balaban J connectivity index is 2.22. The number of rotatable bonds is 0. The van der Waals surface area contributed by atoms with Crippen LogP contribution in [0.2, 0.25) is 0 Å². The molecular weight excluding hydrogens is 276 g/mol. The second-order valence-electron chi connectivity index (χ2n) is 5.52. The number of phenolic OH excluding ortho intramolecular Hbond substituents is 1. The highest BCUT2D eigenvalue weighted by molar-refractivity contribution is 6.26. The number of hydrogen-bond acceptors (Lipinski definition) is 3. The third-order valence-corrected chi connectivity index (χ3v) is 4.32. The van der Waals surface area contributed by atoms with Crippen molar-refractivity contribution in [3.63, 3.8) is 0 Å². The maximum absolute atomic E-state index is 12.2. The topological polar surface area (TPSA) is 50.4 Å². The molecule has 1 heterocycles. The first-order valence-electron chi connectivity index (χ1n) is 7.06. The first-order valence-corrected chi connectivity index (χ1v) is 7.06. The highest BCUT2D eigenvalue weighted by Crippen LogP contribution is 2.38. The second-order valence-corrected chi connectivity index (χ2v) is 5.52. The Hall–Kier alpha value is -3.07. The molecule has 1 N–H and O–H groups in total. The number of aromatic hydroxyl groups is 1. The van der Waals surface area contributed by atoms with Crippen molar-refractivity contribution >= 4 is 43.5 Å². The number of phenols is 1. The predicted octanol–water partition coefficient (Wildman–Crippen LogP) is 4.40. The quantitative estimate of drug-likeness (QED) is 0.339. The van der Waals surface area contributed by atoms with E-state index in [1.54, 1.807) is 6.07 Å². The van der Waals surface area contributed by atoms with Gasteiger partial charge >= 0.3 is 0 Å². The monoisotopic (exact) mass is 286 g/mol. The van der Waals surface area contributed by atoms with E-state index in [0.29, 0.717) is 5.39 Å². The summed E-state index contributed by atoms with van der Waals surface area (Å²) >= 11 is 0. The van der Waals surface area contributed by atoms with E-state index in [2.05, 4.69) is 0 Å². The van der Waals surface area contributed by atoms with Gasteiger partial charge in [0.2, 0.25) is 5.43 Å². The van der Waals surface area contributed by atoms with Crippen molar-refractivity contribution < 1.29 is 9.52 Å². The van der Waals surface area contributed by atoms with Crippen LogP contribution in [0.4, 0.5) is 0 Å². The van der Waals surface area contributed by atoms with Crippen LogP contribution in [0.1, 0.15) is 0 Å². The molecule has 104 valence electrons. The highest BCUT2D eigenvalue weighted by atomic mass is 16.3. The second kappa shape index (κ2) is 3.77. The largest absolute Gasteiger partial charge is 0.504 e. The van der Waals surface area contributed by atoms with Gasteiger partial charge in [0.25, 0.3) is 0 Å². The van der Waals surface area contributed by atoms with Crippen LogP contribution in [-0.2, 0) is 0 Å². The molecule has 3 nitrogen and oxygen atoms in total. The van der Waals surface area contributed by atoms with Crippen molar-refractivity contribution in [2.75, 3.05) is 0 Å². The minimum absolute atomic E-state index is 0.215. The third kappa shape index (κ3) is 1.28. The van der Waals surface area contributed by atoms with Gasteiger partial charge in [0, 0.05) is 21.5 Å². The van der Waals surface area contributed by atoms with Gasteiger partial charge in [0.05, 0.1) is 0 Å². The molecule has 0 atom stereocenters. The van der Waals surface area contributed by atoms with E-state index < -0.39 is 0 Å². The van der Waals surface area contributed by atoms with Crippen LogP contribution in [0, 0.1) is 0 Å². The van der Waals surface area contributed by atoms with Crippen LogP contribution in [0.15, 0.2) is 63.8 Å². The average Bonchev–Trinajstić information content (AvgIpc) is 2.55. The van der Waals surface area contributed by atoms with Crippen molar-refractivity contribution in [2.45, 2.75) is 0 Å². The first-order chi connectivity index (χ1) is 10.7. The van der Waals surface area contributed by atoms with Crippen LogP contribution in [0.25, 0.3) is 43.5 Å². The summed E-state index contributed by atoms with van der Waals surface area (Å²) in [7, 11) is 0. The molecule has 0 unspecified atom stereocenters. The van der Waals surface area contributed by atoms with Crippen molar-refractivity contribution in [3.05, 3.63) is 64.8 Å². The van der Waals surface area contributed by atoms with Gasteiger partial charge in [0.15, 0.2) is 5.75 Å². The van der Waals surface area contributed by atoms with Gasteiger partial charge < -0.3 is 9.52 Å². The summed E-state index contributed by atoms with van der Waals surface area (Å²) in [6.45, 7) is 0. The molecule has 0 aliphatic rings. The van der Waals surface area contributed by atoms with Gasteiger partial charge in [-0.3, -0.25) is 4.79 Å². The third-order valence-electron chi connectivity index (χ3n) is 4.32. The average molecular weight is 286 g/mol. The maximum Gasteiger partial charge on any atom is 0.227 e. The molecule has 0 fully saturated rings. The molecule has 5 rings (SSSR count). The molecule has 0 saturated heterocycles. The first kappa shape index (κ1) is 11.6. The fourth-order valence-electron chi connectivity index (χ4n) is 3.36. The smallest absolute Gasteiger partial charge is 0.227 e. The van der Waals surface area contributed by atoms with Gasteiger partial charge in [-0.1, -0.05) is 30.3 Å². The van der Waals surface area contributed by atoms with E-state index in [4.69, 9.17) is 4.42 Å². The van der Waals surface area contributed by atoms with E-state index in [0.717, 1.165) is 38.1 Å². The van der Waals surface area contributed by atoms with Gasteiger partial charge in [-0.25, -0.2) is 0 Å². The molecule has 0 aliphatic carbocycles. The minimum Gasteiger partial charge on any atom is -0.504 e. The summed E-state index contributed by atoms with van der Waals surface area (Å²) in [5.41, 5.74) is 1.23. The predicted molar refractivity (Wildman–Crippen MR) is 87.9 cm³/mol. The molecule has 3 heteroatoms. The highest BCUT2D eigenvalue weighted by Gasteiger charge is 2.15. The van der Waals surface area contributed by atoms with Gasteiger partial charge in [0.1, 0.15) is 11.2 Å². The lowest BCUT2D eigenvalue weighted by Gasteiger charge is -2.12. The maximum atomic E-state index is 12.2. The Morgan fingerprint density at radius 2 is 1.59 bits per heavy atom. The van der Waals surface area contributed by atoms with Crippen molar-refractivity contribution in [3.8, 4) is 5.75 Å². The summed E-state index contributed by atoms with van der Waals surface area (Å²) in [6, 6.07) is 16.9. The summed E-state index contributed by atoms with van der Waals surface area (Å²) in [5.74, 6) is -0.215. The van der Waals surface area contributed by atoms with E-state index in [1.165, 1.54) is 6.07 Å². The zero-order valence-electron chi connectivity index (χ0n) is 11.5. The lowest BCUT2D eigenvalue weighted by Crippen LogP contribution is -2.01. The molecule has 0 spiro atoms. The molecule has 0 amide bonds. The van der Waals surface area contributed by atoms with E-state index >= 15 is 0 Å². The Morgan fingerprint density at radius 3 is 2.50 bits per heavy atom. The molecular formula is C19H10O3. The van der Waals surface area contributed by atoms with Crippen molar-refractivity contribution in [1.82, 2.24) is 0 Å². The van der Waals surface area contributed by atoms with Gasteiger partial charge in [-0.15, -0.1) is 0 Å². The van der Waals surface area contributed by atoms with E-state index in [1.807, 2.05) is 42.5 Å². The lowest BCUT2D eigenvalue weighted by molar-refractivity contribution is 0.472. The molecule has 4 aromatic carbocycles. The standard InChI is InChI=1S/C19H10O3/c20-14-9-10-5-8-16-18-12(6-7-13(17(10)18)19(14)21)11-3-1-2-4-15(11)22-16/h1-9,20H. The Labute approximate surface area is 124 Å². The normalized spacial score (nSPS) is 12.0.